The van der Waals surface area contributed by atoms with Crippen LogP contribution in [-0.4, -0.2) is 11.2 Å². The van der Waals surface area contributed by atoms with Crippen molar-refractivity contribution in [1.29, 1.82) is 0 Å². The van der Waals surface area contributed by atoms with Crippen molar-refractivity contribution in [2.75, 3.05) is 0 Å². The summed E-state index contributed by atoms with van der Waals surface area (Å²) in [5.41, 5.74) is 2.40. The van der Waals surface area contributed by atoms with Gasteiger partial charge < -0.3 is 9.84 Å². The maximum Gasteiger partial charge on any atom is 0.120 e. The molecule has 1 N–H and O–H groups in total. The van der Waals surface area contributed by atoms with Crippen molar-refractivity contribution in [2.45, 2.75) is 51.7 Å². The molecule has 3 rings (SSSR count). The molecule has 2 nitrogen and oxygen atoms in total. The quantitative estimate of drug-likeness (QED) is 0.830. The van der Waals surface area contributed by atoms with Crippen molar-refractivity contribution < 1.29 is 9.84 Å². The van der Waals surface area contributed by atoms with Crippen molar-refractivity contribution in [3.05, 3.63) is 41.5 Å². The van der Waals surface area contributed by atoms with Gasteiger partial charge >= 0.3 is 0 Å². The smallest absolute Gasteiger partial charge is 0.120 e. The molecule has 2 heteroatoms. The average Bonchev–Trinajstić information content (AvgIpc) is 3.21. The van der Waals surface area contributed by atoms with Crippen LogP contribution in [0.3, 0.4) is 0 Å². The van der Waals surface area contributed by atoms with E-state index in [0.717, 1.165) is 37.0 Å². The molecule has 0 amide bonds. The third kappa shape index (κ3) is 3.24. The second-order valence-electron chi connectivity index (χ2n) is 6.52. The van der Waals surface area contributed by atoms with E-state index in [-0.39, 0.29) is 6.10 Å². The van der Waals surface area contributed by atoms with Crippen LogP contribution in [0.5, 0.6) is 5.75 Å². The molecule has 108 valence electrons. The fourth-order valence-corrected chi connectivity index (χ4v) is 3.26. The molecule has 20 heavy (non-hydrogen) atoms. The predicted octanol–water partition coefficient (Wildman–Crippen LogP) is 4.25. The lowest BCUT2D eigenvalue weighted by Crippen LogP contribution is -2.19. The summed E-state index contributed by atoms with van der Waals surface area (Å²) < 4.78 is 5.82. The van der Waals surface area contributed by atoms with Crippen molar-refractivity contribution in [3.8, 4) is 5.75 Å². The van der Waals surface area contributed by atoms with E-state index in [0.29, 0.717) is 17.9 Å². The molecule has 2 aliphatic rings. The van der Waals surface area contributed by atoms with Crippen molar-refractivity contribution >= 4 is 0 Å². The zero-order chi connectivity index (χ0) is 14.1. The molecule has 2 aliphatic carbocycles. The molecule has 1 saturated carbocycles. The Morgan fingerprint density at radius 1 is 1.30 bits per heavy atom. The lowest BCUT2D eigenvalue weighted by Gasteiger charge is -2.29. The highest BCUT2D eigenvalue weighted by Crippen LogP contribution is 2.37. The highest BCUT2D eigenvalue weighted by molar-refractivity contribution is 5.31. The molecular weight excluding hydrogens is 248 g/mol. The average molecular weight is 272 g/mol. The molecule has 0 heterocycles. The Morgan fingerprint density at radius 2 is 2.10 bits per heavy atom. The summed E-state index contributed by atoms with van der Waals surface area (Å²) in [6, 6.07) is 8.01. The van der Waals surface area contributed by atoms with Crippen LogP contribution in [0.25, 0.3) is 0 Å². The van der Waals surface area contributed by atoms with E-state index < -0.39 is 0 Å². The normalized spacial score (nSPS) is 27.9. The van der Waals surface area contributed by atoms with Crippen LogP contribution in [0.1, 0.15) is 51.2 Å². The molecule has 0 aliphatic heterocycles. The van der Waals surface area contributed by atoms with E-state index >= 15 is 0 Å². The Balaban J connectivity index is 1.72. The summed E-state index contributed by atoms with van der Waals surface area (Å²) in [5.74, 6) is 1.79. The number of aliphatic hydroxyl groups is 1. The van der Waals surface area contributed by atoms with E-state index in [1.54, 1.807) is 0 Å². The van der Waals surface area contributed by atoms with E-state index in [9.17, 15) is 5.11 Å². The van der Waals surface area contributed by atoms with Gasteiger partial charge in [-0.05, 0) is 62.1 Å². The van der Waals surface area contributed by atoms with Crippen LogP contribution < -0.4 is 4.74 Å². The van der Waals surface area contributed by atoms with Gasteiger partial charge in [-0.3, -0.25) is 0 Å². The first kappa shape index (κ1) is 13.7. The van der Waals surface area contributed by atoms with Gasteiger partial charge in [-0.1, -0.05) is 30.7 Å². The second kappa shape index (κ2) is 5.61. The van der Waals surface area contributed by atoms with Gasteiger partial charge in [0.1, 0.15) is 5.75 Å². The van der Waals surface area contributed by atoms with Crippen LogP contribution in [-0.2, 0) is 0 Å². The minimum absolute atomic E-state index is 0.325. The molecule has 1 aromatic rings. The van der Waals surface area contributed by atoms with Crippen LogP contribution >= 0.6 is 0 Å². The van der Waals surface area contributed by atoms with Crippen LogP contribution in [0.4, 0.5) is 0 Å². The SMILES string of the molecule is CC1=CC(C)CC(C(O)c2cccc(OC3CC3)c2)C1. The third-order valence-electron chi connectivity index (χ3n) is 4.30. The lowest BCUT2D eigenvalue weighted by molar-refractivity contribution is 0.0929. The van der Waals surface area contributed by atoms with Gasteiger partial charge in [0.15, 0.2) is 0 Å². The Labute approximate surface area is 121 Å². The number of ether oxygens (including phenoxy) is 1. The zero-order valence-corrected chi connectivity index (χ0v) is 12.4. The number of rotatable bonds is 4. The van der Waals surface area contributed by atoms with Crippen molar-refractivity contribution in [3.63, 3.8) is 0 Å². The van der Waals surface area contributed by atoms with Crippen molar-refractivity contribution in [1.82, 2.24) is 0 Å². The number of aliphatic hydroxyl groups excluding tert-OH is 1. The van der Waals surface area contributed by atoms with Crippen LogP contribution in [0.2, 0.25) is 0 Å². The Morgan fingerprint density at radius 3 is 2.80 bits per heavy atom. The Kier molecular flexibility index (Phi) is 3.84. The monoisotopic (exact) mass is 272 g/mol. The first-order valence-electron chi connectivity index (χ1n) is 7.74. The Bertz CT molecular complexity index is 502. The number of allylic oxidation sites excluding steroid dienone is 2. The van der Waals surface area contributed by atoms with Gasteiger partial charge in [-0.25, -0.2) is 0 Å². The number of hydrogen-bond donors (Lipinski definition) is 1. The van der Waals surface area contributed by atoms with E-state index in [4.69, 9.17) is 4.74 Å². The zero-order valence-electron chi connectivity index (χ0n) is 12.4. The van der Waals surface area contributed by atoms with Gasteiger partial charge in [0.25, 0.3) is 0 Å². The van der Waals surface area contributed by atoms with Crippen molar-refractivity contribution in [2.24, 2.45) is 11.8 Å². The maximum absolute atomic E-state index is 10.7. The minimum Gasteiger partial charge on any atom is -0.490 e. The van der Waals surface area contributed by atoms with E-state index in [1.165, 1.54) is 5.57 Å². The molecular formula is C18H24O2. The summed E-state index contributed by atoms with van der Waals surface area (Å²) in [4.78, 5) is 0. The molecule has 0 aromatic heterocycles. The van der Waals surface area contributed by atoms with E-state index in [2.05, 4.69) is 19.9 Å². The molecule has 0 saturated heterocycles. The second-order valence-corrected chi connectivity index (χ2v) is 6.52. The topological polar surface area (TPSA) is 29.5 Å². The molecule has 0 radical (unpaired) electrons. The molecule has 0 spiro atoms. The van der Waals surface area contributed by atoms with Gasteiger partial charge in [0.05, 0.1) is 12.2 Å². The largest absolute Gasteiger partial charge is 0.490 e. The predicted molar refractivity (Wildman–Crippen MR) is 80.7 cm³/mol. The highest BCUT2D eigenvalue weighted by atomic mass is 16.5. The number of benzene rings is 1. The first-order chi connectivity index (χ1) is 9.61. The van der Waals surface area contributed by atoms with Gasteiger partial charge in [-0.15, -0.1) is 0 Å². The lowest BCUT2D eigenvalue weighted by atomic mass is 9.79. The van der Waals surface area contributed by atoms with Gasteiger partial charge in [-0.2, -0.15) is 0 Å². The van der Waals surface area contributed by atoms with Gasteiger partial charge in [0, 0.05) is 0 Å². The minimum atomic E-state index is -0.385. The molecule has 1 aromatic carbocycles. The van der Waals surface area contributed by atoms with Crippen LogP contribution in [0, 0.1) is 11.8 Å². The Hall–Kier alpha value is -1.28. The summed E-state index contributed by atoms with van der Waals surface area (Å²) in [7, 11) is 0. The standard InChI is InChI=1S/C18H24O2/c1-12-8-13(2)10-15(9-12)18(19)14-4-3-5-17(11-14)20-16-6-7-16/h3-5,8,11-12,15-16,18-19H,6-7,9-10H2,1-2H3. The summed E-state index contributed by atoms with van der Waals surface area (Å²) in [5, 5.41) is 10.7. The fraction of sp³-hybridized carbons (Fsp3) is 0.556. The molecule has 0 bridgehead atoms. The maximum atomic E-state index is 10.7. The van der Waals surface area contributed by atoms with E-state index in [1.807, 2.05) is 24.3 Å². The van der Waals surface area contributed by atoms with Gasteiger partial charge in [0.2, 0.25) is 0 Å². The van der Waals surface area contributed by atoms with Crippen LogP contribution in [0.15, 0.2) is 35.9 Å². The number of hydrogen-bond acceptors (Lipinski definition) is 2. The summed E-state index contributed by atoms with van der Waals surface area (Å²) in [6.07, 6.45) is 6.74. The fourth-order valence-electron chi connectivity index (χ4n) is 3.26. The first-order valence-corrected chi connectivity index (χ1v) is 7.74. The summed E-state index contributed by atoms with van der Waals surface area (Å²) >= 11 is 0. The molecule has 1 fully saturated rings. The molecule has 3 atom stereocenters. The third-order valence-corrected chi connectivity index (χ3v) is 4.30. The highest BCUT2D eigenvalue weighted by Gasteiger charge is 2.27. The molecule has 3 unspecified atom stereocenters. The summed E-state index contributed by atoms with van der Waals surface area (Å²) in [6.45, 7) is 4.40.